The van der Waals surface area contributed by atoms with Crippen LogP contribution in [0.1, 0.15) is 12.8 Å². The van der Waals surface area contributed by atoms with Crippen molar-refractivity contribution in [3.8, 4) is 0 Å². The van der Waals surface area contributed by atoms with E-state index in [0.29, 0.717) is 0 Å². The molecule has 5 heteroatoms. The van der Waals surface area contributed by atoms with Gasteiger partial charge in [0, 0.05) is 0 Å². The van der Waals surface area contributed by atoms with Gasteiger partial charge in [-0.2, -0.15) is 0 Å². The maximum atomic E-state index is 4.88. The maximum absolute atomic E-state index is 4.88. The molecule has 2 atom stereocenters. The quantitative estimate of drug-likeness (QED) is 0.216. The Hall–Kier alpha value is 1.09. The van der Waals surface area contributed by atoms with Crippen LogP contribution in [0.2, 0.25) is 0 Å². The molecule has 0 nitrogen and oxygen atoms in total. The molecular weight excluding hydrogens is 472 g/mol. The third-order valence-electron chi connectivity index (χ3n) is 1.27. The zero-order chi connectivity index (χ0) is 13.8. The number of rotatable bonds is 8. The third-order valence-corrected chi connectivity index (χ3v) is 3.01. The summed E-state index contributed by atoms with van der Waals surface area (Å²) in [5.74, 6) is 3.92. The van der Waals surface area contributed by atoms with Crippen molar-refractivity contribution >= 4 is 36.0 Å². The molecule has 0 spiro atoms. The van der Waals surface area contributed by atoms with E-state index in [1.54, 1.807) is 0 Å². The molecule has 17 heavy (non-hydrogen) atoms. The van der Waals surface area contributed by atoms with Crippen LogP contribution in [-0.2, 0) is 16.5 Å². The number of allylic oxidation sites excluding steroid dienone is 2. The van der Waals surface area contributed by atoms with Crippen molar-refractivity contribution in [2.75, 3.05) is 12.3 Å². The Morgan fingerprint density at radius 3 is 1.29 bits per heavy atom. The summed E-state index contributed by atoms with van der Waals surface area (Å²) in [6, 6.07) is 0. The summed E-state index contributed by atoms with van der Waals surface area (Å²) in [5.41, 5.74) is 0. The molecule has 0 bridgehead atoms. The normalized spacial score (nSPS) is 9.29. The second-order valence-corrected chi connectivity index (χ2v) is 8.43. The second-order valence-electron chi connectivity index (χ2n) is 2.52. The summed E-state index contributed by atoms with van der Waals surface area (Å²) in [5, 5.41) is 0. The van der Waals surface area contributed by atoms with Crippen LogP contribution >= 0.6 is 36.0 Å². The standard InChI is InChI=1S/2C6H11P.2ClH.Pt/c2*1-3-5-6-7-4-2;;;/h2*3-4,7H,1-2,5-6H2;2*1H;/q;;;;+2/p-2. The Morgan fingerprint density at radius 2 is 1.12 bits per heavy atom. The zero-order valence-electron chi connectivity index (χ0n) is 10.0. The first-order valence-corrected chi connectivity index (χ1v) is 13.2. The molecule has 0 aromatic rings. The van der Waals surface area contributed by atoms with Gasteiger partial charge in [0.2, 0.25) is 0 Å². The summed E-state index contributed by atoms with van der Waals surface area (Å²) < 4.78 is 0. The molecule has 0 saturated heterocycles. The van der Waals surface area contributed by atoms with Crippen molar-refractivity contribution in [1.82, 2.24) is 0 Å². The molecule has 0 saturated carbocycles. The van der Waals surface area contributed by atoms with Gasteiger partial charge in [-0.15, -0.1) is 13.2 Å². The van der Waals surface area contributed by atoms with Crippen molar-refractivity contribution in [3.63, 3.8) is 0 Å². The fourth-order valence-corrected chi connectivity index (χ4v) is 1.72. The molecule has 0 heterocycles. The molecule has 0 amide bonds. The molecule has 0 aromatic carbocycles. The molecule has 104 valence electrons. The van der Waals surface area contributed by atoms with E-state index in [4.69, 9.17) is 18.8 Å². The van der Waals surface area contributed by atoms with Crippen LogP contribution in [0, 0.1) is 0 Å². The number of hydrogen-bond donors (Lipinski definition) is 0. The first-order chi connectivity index (χ1) is 8.24. The molecule has 0 aliphatic heterocycles. The molecule has 0 N–H and O–H groups in total. The molecule has 2 unspecified atom stereocenters. The van der Waals surface area contributed by atoms with Crippen molar-refractivity contribution in [1.29, 1.82) is 0 Å². The van der Waals surface area contributed by atoms with Gasteiger partial charge in [-0.25, -0.2) is 0 Å². The van der Waals surface area contributed by atoms with Gasteiger partial charge in [0.15, 0.2) is 0 Å². The number of hydrogen-bond acceptors (Lipinski definition) is 0. The van der Waals surface area contributed by atoms with Crippen molar-refractivity contribution < 1.29 is 16.5 Å². The van der Waals surface area contributed by atoms with Crippen LogP contribution in [0.4, 0.5) is 0 Å². The van der Waals surface area contributed by atoms with E-state index in [1.165, 1.54) is 12.3 Å². The van der Waals surface area contributed by atoms with Crippen LogP contribution in [0.25, 0.3) is 0 Å². The molecule has 0 fully saturated rings. The summed E-state index contributed by atoms with van der Waals surface area (Å²) >= 11 is -0.472. The van der Waals surface area contributed by atoms with Gasteiger partial charge in [-0.1, -0.05) is 54.1 Å². The van der Waals surface area contributed by atoms with Crippen LogP contribution in [0.15, 0.2) is 50.1 Å². The van der Waals surface area contributed by atoms with Gasteiger partial charge in [-0.05, 0) is 25.2 Å². The average Bonchev–Trinajstić information content (AvgIpc) is 2.32. The van der Waals surface area contributed by atoms with Gasteiger partial charge >= 0.3 is 35.3 Å². The fraction of sp³-hybridized carbons (Fsp3) is 0.333. The van der Waals surface area contributed by atoms with Gasteiger partial charge in [0.1, 0.15) is 0 Å². The van der Waals surface area contributed by atoms with Gasteiger partial charge in [-0.3, -0.25) is 0 Å². The van der Waals surface area contributed by atoms with Crippen LogP contribution in [0.3, 0.4) is 0 Å². The summed E-state index contributed by atoms with van der Waals surface area (Å²) in [6.45, 7) is 14.4. The monoisotopic (exact) mass is 493 g/mol. The summed E-state index contributed by atoms with van der Waals surface area (Å²) in [4.78, 5) is 0. The second kappa shape index (κ2) is 30.3. The molecule has 0 radical (unpaired) electrons. The Bertz CT molecular complexity index is 142. The van der Waals surface area contributed by atoms with Crippen molar-refractivity contribution in [2.24, 2.45) is 0 Å². The van der Waals surface area contributed by atoms with Gasteiger partial charge in [0.05, 0.1) is 0 Å². The Labute approximate surface area is 127 Å². The van der Waals surface area contributed by atoms with E-state index >= 15 is 0 Å². The van der Waals surface area contributed by atoms with Crippen LogP contribution in [0.5, 0.6) is 0 Å². The van der Waals surface area contributed by atoms with E-state index in [0.717, 1.165) is 30.0 Å². The molecular formula is C12H22Cl2P2Pt. The summed E-state index contributed by atoms with van der Waals surface area (Å²) in [7, 11) is 11.6. The van der Waals surface area contributed by atoms with Crippen LogP contribution in [-0.4, -0.2) is 12.3 Å². The van der Waals surface area contributed by atoms with E-state index in [1.807, 2.05) is 23.8 Å². The number of halogens is 2. The predicted octanol–water partition coefficient (Wildman–Crippen LogP) is 6.15. The Balaban J connectivity index is -0.000000188. The van der Waals surface area contributed by atoms with Crippen molar-refractivity contribution in [2.45, 2.75) is 12.8 Å². The molecule has 0 aliphatic carbocycles. The Kier molecular flexibility index (Phi) is 41.3. The first-order valence-electron chi connectivity index (χ1n) is 4.97. The fourth-order valence-electron chi connectivity index (χ4n) is 0.575. The SMILES string of the molecule is C=CCCPC=C.C=CCCPC=C.[Cl][Pt][Cl]. The first kappa shape index (κ1) is 23.2. The molecule has 0 rings (SSSR count). The van der Waals surface area contributed by atoms with E-state index < -0.39 is 16.5 Å². The van der Waals surface area contributed by atoms with E-state index in [9.17, 15) is 0 Å². The molecule has 0 aliphatic rings. The summed E-state index contributed by atoms with van der Waals surface area (Å²) in [6.07, 6.45) is 8.60. The van der Waals surface area contributed by atoms with Crippen molar-refractivity contribution in [3.05, 3.63) is 50.1 Å². The van der Waals surface area contributed by atoms with Gasteiger partial charge in [0.25, 0.3) is 0 Å². The van der Waals surface area contributed by atoms with E-state index in [-0.39, 0.29) is 0 Å². The predicted molar refractivity (Wildman–Crippen MR) is 88.1 cm³/mol. The topological polar surface area (TPSA) is 0 Å². The average molecular weight is 494 g/mol. The van der Waals surface area contributed by atoms with E-state index in [2.05, 4.69) is 26.3 Å². The minimum absolute atomic E-state index is 0.472. The van der Waals surface area contributed by atoms with Gasteiger partial charge < -0.3 is 0 Å². The third kappa shape index (κ3) is 47.1. The Morgan fingerprint density at radius 1 is 0.824 bits per heavy atom. The van der Waals surface area contributed by atoms with Crippen LogP contribution < -0.4 is 0 Å². The molecule has 0 aromatic heterocycles. The minimum atomic E-state index is -0.472. The zero-order valence-corrected chi connectivity index (χ0v) is 15.8.